The number of imidazole rings is 1. The zero-order valence-electron chi connectivity index (χ0n) is 9.63. The molecule has 0 atom stereocenters. The number of nitro benzene ring substituents is 1. The second-order valence-electron chi connectivity index (χ2n) is 3.73. The van der Waals surface area contributed by atoms with Gasteiger partial charge in [0.25, 0.3) is 5.69 Å². The van der Waals surface area contributed by atoms with Crippen molar-refractivity contribution in [2.75, 3.05) is 0 Å². The van der Waals surface area contributed by atoms with Gasteiger partial charge in [-0.3, -0.25) is 10.1 Å². The lowest BCUT2D eigenvalue weighted by atomic mass is 10.1. The maximum absolute atomic E-state index is 12.5. The molecule has 0 spiro atoms. The van der Waals surface area contributed by atoms with Gasteiger partial charge >= 0.3 is 12.4 Å². The number of H-pyrrole nitrogens is 1. The average molecular weight is 317 g/mol. The summed E-state index contributed by atoms with van der Waals surface area (Å²) in [5.74, 6) is -1.60. The number of hydrogen-bond acceptors (Lipinski definition) is 3. The molecule has 2 aromatic rings. The summed E-state index contributed by atoms with van der Waals surface area (Å²) in [4.78, 5) is 14.0. The fourth-order valence-corrected chi connectivity index (χ4v) is 1.54. The molecule has 0 aliphatic heterocycles. The van der Waals surface area contributed by atoms with E-state index in [2.05, 4.69) is 4.98 Å². The van der Waals surface area contributed by atoms with Gasteiger partial charge in [-0.05, 0) is 6.07 Å². The van der Waals surface area contributed by atoms with Gasteiger partial charge in [-0.15, -0.1) is 0 Å². The standard InChI is InChI=1S/C9H3F6N3O2.H2O/c10-8(11,12)3-1-4-6(5(2-3)18(19)20)17-7(16-4)9(13,14)15;/h1-2H,(H,16,17);1H2. The van der Waals surface area contributed by atoms with Crippen molar-refractivity contribution < 1.29 is 36.7 Å². The number of benzene rings is 1. The molecule has 1 heterocycles. The van der Waals surface area contributed by atoms with Gasteiger partial charge in [-0.2, -0.15) is 26.3 Å². The Labute approximate surface area is 110 Å². The van der Waals surface area contributed by atoms with E-state index in [0.29, 0.717) is 6.07 Å². The summed E-state index contributed by atoms with van der Waals surface area (Å²) >= 11 is 0. The molecule has 0 aliphatic carbocycles. The molecule has 0 saturated heterocycles. The minimum atomic E-state index is -4.95. The van der Waals surface area contributed by atoms with Gasteiger partial charge in [0.15, 0.2) is 5.52 Å². The maximum atomic E-state index is 12.5. The fourth-order valence-electron chi connectivity index (χ4n) is 1.54. The molecule has 12 heteroatoms. The molecular formula is C9H5F6N3O3. The number of alkyl halides is 6. The van der Waals surface area contributed by atoms with E-state index in [4.69, 9.17) is 0 Å². The fraction of sp³-hybridized carbons (Fsp3) is 0.222. The number of aromatic nitrogens is 2. The van der Waals surface area contributed by atoms with Gasteiger partial charge in [0.1, 0.15) is 0 Å². The van der Waals surface area contributed by atoms with Crippen LogP contribution in [0.3, 0.4) is 0 Å². The van der Waals surface area contributed by atoms with Gasteiger partial charge in [0.05, 0.1) is 16.0 Å². The summed E-state index contributed by atoms with van der Waals surface area (Å²) in [7, 11) is 0. The molecule has 1 aromatic carbocycles. The highest BCUT2D eigenvalue weighted by atomic mass is 19.4. The molecule has 0 saturated carbocycles. The van der Waals surface area contributed by atoms with Crippen LogP contribution in [0.15, 0.2) is 12.1 Å². The number of halogens is 6. The molecule has 0 amide bonds. The largest absolute Gasteiger partial charge is 0.449 e. The van der Waals surface area contributed by atoms with Gasteiger partial charge in [0.2, 0.25) is 5.82 Å². The van der Waals surface area contributed by atoms with E-state index in [1.54, 1.807) is 4.98 Å². The van der Waals surface area contributed by atoms with Crippen LogP contribution in [0.4, 0.5) is 32.0 Å². The molecule has 2 rings (SSSR count). The molecule has 3 N–H and O–H groups in total. The first-order valence-corrected chi connectivity index (χ1v) is 4.82. The zero-order valence-corrected chi connectivity index (χ0v) is 9.63. The Balaban J connectivity index is 0.00000220. The Morgan fingerprint density at radius 3 is 2.10 bits per heavy atom. The first kappa shape index (κ1) is 16.7. The van der Waals surface area contributed by atoms with Crippen LogP contribution in [0.5, 0.6) is 0 Å². The van der Waals surface area contributed by atoms with Crippen LogP contribution in [0.2, 0.25) is 0 Å². The first-order valence-electron chi connectivity index (χ1n) is 4.82. The van der Waals surface area contributed by atoms with Crippen LogP contribution in [-0.4, -0.2) is 20.4 Å². The smallest absolute Gasteiger partial charge is 0.412 e. The average Bonchev–Trinajstić information content (AvgIpc) is 2.68. The molecule has 0 unspecified atom stereocenters. The minimum absolute atomic E-state index is 0. The predicted molar refractivity (Wildman–Crippen MR) is 56.4 cm³/mol. The van der Waals surface area contributed by atoms with Crippen LogP contribution in [-0.2, 0) is 12.4 Å². The first-order chi connectivity index (χ1) is 9.00. The molecule has 0 aliphatic rings. The third-order valence-electron chi connectivity index (χ3n) is 2.36. The molecule has 116 valence electrons. The summed E-state index contributed by atoms with van der Waals surface area (Å²) in [5, 5.41) is 10.7. The Morgan fingerprint density at radius 1 is 1.10 bits per heavy atom. The summed E-state index contributed by atoms with van der Waals surface area (Å²) in [5.41, 5.74) is -4.08. The van der Waals surface area contributed by atoms with Crippen molar-refractivity contribution in [2.45, 2.75) is 12.4 Å². The lowest BCUT2D eigenvalue weighted by molar-refractivity contribution is -0.383. The Hall–Kier alpha value is -2.37. The lowest BCUT2D eigenvalue weighted by Gasteiger charge is -2.05. The molecular weight excluding hydrogens is 312 g/mol. The third-order valence-corrected chi connectivity index (χ3v) is 2.36. The molecule has 21 heavy (non-hydrogen) atoms. The summed E-state index contributed by atoms with van der Waals surface area (Å²) in [6.07, 6.45) is -9.88. The van der Waals surface area contributed by atoms with Gasteiger partial charge < -0.3 is 10.5 Å². The maximum Gasteiger partial charge on any atom is 0.449 e. The van der Waals surface area contributed by atoms with Crippen LogP contribution in [0.1, 0.15) is 11.4 Å². The van der Waals surface area contributed by atoms with Crippen molar-refractivity contribution in [1.82, 2.24) is 9.97 Å². The van der Waals surface area contributed by atoms with Crippen molar-refractivity contribution in [1.29, 1.82) is 0 Å². The van der Waals surface area contributed by atoms with Gasteiger partial charge in [0, 0.05) is 6.07 Å². The molecule has 1 aromatic heterocycles. The number of nitrogens with zero attached hydrogens (tertiary/aromatic N) is 2. The Morgan fingerprint density at radius 2 is 1.67 bits per heavy atom. The van der Waals surface area contributed by atoms with Crippen LogP contribution in [0, 0.1) is 10.1 Å². The van der Waals surface area contributed by atoms with Crippen LogP contribution >= 0.6 is 0 Å². The second-order valence-corrected chi connectivity index (χ2v) is 3.73. The highest BCUT2D eigenvalue weighted by Crippen LogP contribution is 2.37. The van der Waals surface area contributed by atoms with E-state index in [0.717, 1.165) is 0 Å². The number of hydrogen-bond donors (Lipinski definition) is 1. The van der Waals surface area contributed by atoms with E-state index in [1.807, 2.05) is 0 Å². The number of nitrogens with one attached hydrogen (secondary N) is 1. The number of nitro groups is 1. The molecule has 0 fully saturated rings. The van der Waals surface area contributed by atoms with E-state index in [9.17, 15) is 36.5 Å². The second kappa shape index (κ2) is 4.87. The predicted octanol–water partition coefficient (Wildman–Crippen LogP) is 2.68. The zero-order chi connectivity index (χ0) is 15.3. The monoisotopic (exact) mass is 317 g/mol. The van der Waals surface area contributed by atoms with E-state index in [1.165, 1.54) is 0 Å². The van der Waals surface area contributed by atoms with Crippen molar-refractivity contribution >= 4 is 16.7 Å². The van der Waals surface area contributed by atoms with E-state index < -0.39 is 45.4 Å². The Kier molecular flexibility index (Phi) is 3.87. The van der Waals surface area contributed by atoms with Crippen molar-refractivity contribution in [3.05, 3.63) is 33.6 Å². The van der Waals surface area contributed by atoms with Crippen molar-refractivity contribution in [3.63, 3.8) is 0 Å². The molecule has 6 nitrogen and oxygen atoms in total. The highest BCUT2D eigenvalue weighted by molar-refractivity contribution is 5.85. The topological polar surface area (TPSA) is 103 Å². The van der Waals surface area contributed by atoms with Crippen LogP contribution in [0.25, 0.3) is 11.0 Å². The summed E-state index contributed by atoms with van der Waals surface area (Å²) < 4.78 is 74.8. The Bertz CT molecular complexity index is 690. The normalized spacial score (nSPS) is 12.3. The molecule has 0 bridgehead atoms. The van der Waals surface area contributed by atoms with Gasteiger partial charge in [-0.25, -0.2) is 4.98 Å². The lowest BCUT2D eigenvalue weighted by Crippen LogP contribution is -2.06. The third kappa shape index (κ3) is 3.04. The number of non-ortho nitro benzene ring substituents is 1. The van der Waals surface area contributed by atoms with E-state index >= 15 is 0 Å². The summed E-state index contributed by atoms with van der Waals surface area (Å²) in [6.45, 7) is 0. The van der Waals surface area contributed by atoms with Crippen molar-refractivity contribution in [2.24, 2.45) is 0 Å². The van der Waals surface area contributed by atoms with Gasteiger partial charge in [-0.1, -0.05) is 0 Å². The molecule has 0 radical (unpaired) electrons. The van der Waals surface area contributed by atoms with Crippen LogP contribution < -0.4 is 0 Å². The number of fused-ring (bicyclic) bond motifs is 1. The summed E-state index contributed by atoms with van der Waals surface area (Å²) in [6, 6.07) is 0.480. The highest BCUT2D eigenvalue weighted by Gasteiger charge is 2.38. The minimum Gasteiger partial charge on any atom is -0.412 e. The quantitative estimate of drug-likeness (QED) is 0.496. The number of rotatable bonds is 1. The SMILES string of the molecule is O.O=[N+]([O-])c1cc(C(F)(F)F)cc2[nH]c(C(F)(F)F)nc12. The van der Waals surface area contributed by atoms with E-state index in [-0.39, 0.29) is 11.5 Å². The number of aromatic amines is 1. The van der Waals surface area contributed by atoms with Crippen molar-refractivity contribution in [3.8, 4) is 0 Å².